The summed E-state index contributed by atoms with van der Waals surface area (Å²) in [4.78, 5) is 11.9. The molecule has 0 aromatic heterocycles. The van der Waals surface area contributed by atoms with Crippen molar-refractivity contribution < 1.29 is 14.6 Å². The number of rotatable bonds is 4. The Bertz CT molecular complexity index is 589. The number of nitrogens with one attached hydrogen (secondary N) is 2. The van der Waals surface area contributed by atoms with Crippen molar-refractivity contribution in [1.29, 1.82) is 0 Å². The molecule has 21 heavy (non-hydrogen) atoms. The molecule has 3 N–H and O–H groups in total. The van der Waals surface area contributed by atoms with Gasteiger partial charge >= 0.3 is 0 Å². The molecule has 5 nitrogen and oxygen atoms in total. The third-order valence-corrected chi connectivity index (χ3v) is 3.33. The van der Waals surface area contributed by atoms with Crippen molar-refractivity contribution in [2.45, 2.75) is 26.4 Å². The molecule has 1 aliphatic heterocycles. The fourth-order valence-electron chi connectivity index (χ4n) is 2.08. The Balaban J connectivity index is 1.96. The fraction of sp³-hybridized carbons (Fsp3) is 0.312. The van der Waals surface area contributed by atoms with Gasteiger partial charge in [-0.05, 0) is 39.0 Å². The van der Waals surface area contributed by atoms with Crippen molar-refractivity contribution in [3.8, 4) is 5.75 Å². The molecule has 0 spiro atoms. The largest absolute Gasteiger partial charge is 0.484 e. The number of para-hydroxylation sites is 1. The Morgan fingerprint density at radius 2 is 2.00 bits per heavy atom. The number of amides is 1. The normalized spacial score (nSPS) is 21.4. The predicted molar refractivity (Wildman–Crippen MR) is 80.3 cm³/mol. The lowest BCUT2D eigenvalue weighted by molar-refractivity contribution is -0.122. The molecule has 1 amide bonds. The summed E-state index contributed by atoms with van der Waals surface area (Å²) in [6, 6.07) is 9.13. The zero-order valence-electron chi connectivity index (χ0n) is 12.4. The topological polar surface area (TPSA) is 70.6 Å². The Morgan fingerprint density at radius 1 is 1.33 bits per heavy atom. The molecule has 0 fully saturated rings. The molecule has 0 bridgehead atoms. The number of hydrogen-bond donors (Lipinski definition) is 3. The van der Waals surface area contributed by atoms with E-state index in [2.05, 4.69) is 10.6 Å². The molecular weight excluding hydrogens is 268 g/mol. The van der Waals surface area contributed by atoms with E-state index in [1.807, 2.05) is 25.1 Å². The lowest BCUT2D eigenvalue weighted by Crippen LogP contribution is -2.41. The van der Waals surface area contributed by atoms with Crippen LogP contribution >= 0.6 is 0 Å². The van der Waals surface area contributed by atoms with Crippen molar-refractivity contribution >= 4 is 5.91 Å². The van der Waals surface area contributed by atoms with Gasteiger partial charge in [0.15, 0.2) is 6.61 Å². The molecule has 1 aromatic rings. The molecule has 5 heteroatoms. The first-order valence-electron chi connectivity index (χ1n) is 6.76. The molecule has 0 saturated carbocycles. The van der Waals surface area contributed by atoms with Gasteiger partial charge < -0.3 is 20.5 Å². The zero-order chi connectivity index (χ0) is 15.5. The summed E-state index contributed by atoms with van der Waals surface area (Å²) in [5.74, 6) is 0.853. The maximum absolute atomic E-state index is 11.9. The summed E-state index contributed by atoms with van der Waals surface area (Å²) in [7, 11) is 0. The van der Waals surface area contributed by atoms with Crippen molar-refractivity contribution in [3.63, 3.8) is 0 Å². The van der Waals surface area contributed by atoms with E-state index in [-0.39, 0.29) is 12.5 Å². The molecule has 1 unspecified atom stereocenters. The maximum Gasteiger partial charge on any atom is 0.263 e. The zero-order valence-corrected chi connectivity index (χ0v) is 12.4. The number of carbonyl (C=O) groups is 1. The van der Waals surface area contributed by atoms with E-state index in [0.717, 1.165) is 5.70 Å². The highest BCUT2D eigenvalue weighted by molar-refractivity contribution is 5.79. The van der Waals surface area contributed by atoms with Gasteiger partial charge in [-0.15, -0.1) is 0 Å². The number of dihydropyridines is 1. The highest BCUT2D eigenvalue weighted by atomic mass is 16.5. The van der Waals surface area contributed by atoms with Gasteiger partial charge in [0.05, 0.1) is 0 Å². The molecule has 0 saturated heterocycles. The van der Waals surface area contributed by atoms with E-state index in [9.17, 15) is 9.90 Å². The number of aliphatic hydroxyl groups is 1. The minimum atomic E-state index is -1.07. The smallest absolute Gasteiger partial charge is 0.263 e. The third kappa shape index (κ3) is 3.86. The average molecular weight is 288 g/mol. The van der Waals surface area contributed by atoms with Crippen molar-refractivity contribution in [2.75, 3.05) is 6.61 Å². The fourth-order valence-corrected chi connectivity index (χ4v) is 2.08. The number of ether oxygens (including phenoxy) is 1. The second-order valence-corrected chi connectivity index (χ2v) is 5.25. The third-order valence-electron chi connectivity index (χ3n) is 3.33. The van der Waals surface area contributed by atoms with Crippen LogP contribution in [0.3, 0.4) is 0 Å². The van der Waals surface area contributed by atoms with Gasteiger partial charge in [-0.25, -0.2) is 0 Å². The quantitative estimate of drug-likeness (QED) is 0.788. The molecule has 1 aliphatic rings. The second kappa shape index (κ2) is 6.01. The van der Waals surface area contributed by atoms with Gasteiger partial charge in [-0.3, -0.25) is 4.79 Å². The van der Waals surface area contributed by atoms with E-state index >= 15 is 0 Å². The van der Waals surface area contributed by atoms with Gasteiger partial charge in [0.25, 0.3) is 5.91 Å². The molecule has 1 atom stereocenters. The summed E-state index contributed by atoms with van der Waals surface area (Å²) in [6.07, 6.45) is 1.71. The van der Waals surface area contributed by atoms with Crippen LogP contribution in [0.4, 0.5) is 0 Å². The lowest BCUT2D eigenvalue weighted by atomic mass is 9.93. The van der Waals surface area contributed by atoms with Crippen LogP contribution in [0.1, 0.15) is 20.8 Å². The second-order valence-electron chi connectivity index (χ2n) is 5.25. The van der Waals surface area contributed by atoms with Gasteiger partial charge in [0.1, 0.15) is 17.2 Å². The SMILES string of the molecule is CC1=CC(C)(O)C(C)=C(NC(=O)COc2ccccc2)N1. The average Bonchev–Trinajstić information content (AvgIpc) is 2.43. The van der Waals surface area contributed by atoms with Crippen LogP contribution in [0.15, 0.2) is 53.5 Å². The first-order valence-corrected chi connectivity index (χ1v) is 6.76. The first-order chi connectivity index (χ1) is 9.88. The first kappa shape index (κ1) is 15.1. The highest BCUT2D eigenvalue weighted by Crippen LogP contribution is 2.24. The lowest BCUT2D eigenvalue weighted by Gasteiger charge is -2.30. The molecular formula is C16H20N2O3. The van der Waals surface area contributed by atoms with Gasteiger partial charge in [-0.1, -0.05) is 18.2 Å². The summed E-state index contributed by atoms with van der Waals surface area (Å²) in [5.41, 5.74) is 0.365. The Kier molecular flexibility index (Phi) is 4.33. The van der Waals surface area contributed by atoms with Crippen LogP contribution < -0.4 is 15.4 Å². The van der Waals surface area contributed by atoms with Crippen LogP contribution in [0, 0.1) is 0 Å². The molecule has 0 aliphatic carbocycles. The maximum atomic E-state index is 11.9. The van der Waals surface area contributed by atoms with Gasteiger partial charge in [0.2, 0.25) is 0 Å². The molecule has 1 aromatic carbocycles. The van der Waals surface area contributed by atoms with Crippen LogP contribution in [0.2, 0.25) is 0 Å². The van der Waals surface area contributed by atoms with E-state index in [4.69, 9.17) is 4.74 Å². The number of benzene rings is 1. The van der Waals surface area contributed by atoms with E-state index in [1.165, 1.54) is 0 Å². The van der Waals surface area contributed by atoms with Gasteiger partial charge in [-0.2, -0.15) is 0 Å². The minimum absolute atomic E-state index is 0.0899. The van der Waals surface area contributed by atoms with Crippen molar-refractivity contribution in [2.24, 2.45) is 0 Å². The van der Waals surface area contributed by atoms with Crippen LogP contribution in [0.25, 0.3) is 0 Å². The molecule has 2 rings (SSSR count). The van der Waals surface area contributed by atoms with Crippen molar-refractivity contribution in [1.82, 2.24) is 10.6 Å². The van der Waals surface area contributed by atoms with Crippen molar-refractivity contribution in [3.05, 3.63) is 53.5 Å². The summed E-state index contributed by atoms with van der Waals surface area (Å²) in [5, 5.41) is 16.0. The van der Waals surface area contributed by atoms with E-state index < -0.39 is 5.60 Å². The molecule has 112 valence electrons. The van der Waals surface area contributed by atoms with E-state index in [1.54, 1.807) is 32.1 Å². The van der Waals surface area contributed by atoms with Gasteiger partial charge in [0, 0.05) is 11.3 Å². The summed E-state index contributed by atoms with van der Waals surface area (Å²) >= 11 is 0. The standard InChI is InChI=1S/C16H20N2O3/c1-11-9-16(3,20)12(2)15(17-11)18-14(19)10-21-13-7-5-4-6-8-13/h4-9,17,20H,10H2,1-3H3,(H,18,19). The summed E-state index contributed by atoms with van der Waals surface area (Å²) in [6.45, 7) is 5.18. The van der Waals surface area contributed by atoms with Crippen LogP contribution in [-0.2, 0) is 4.79 Å². The molecule has 1 heterocycles. The summed E-state index contributed by atoms with van der Waals surface area (Å²) < 4.78 is 5.38. The monoisotopic (exact) mass is 288 g/mol. The predicted octanol–water partition coefficient (Wildman–Crippen LogP) is 1.67. The number of allylic oxidation sites excluding steroid dienone is 1. The Morgan fingerprint density at radius 3 is 2.67 bits per heavy atom. The minimum Gasteiger partial charge on any atom is -0.484 e. The Labute approximate surface area is 124 Å². The molecule has 0 radical (unpaired) electrons. The number of hydrogen-bond acceptors (Lipinski definition) is 4. The Hall–Kier alpha value is -2.27. The van der Waals surface area contributed by atoms with Crippen LogP contribution in [-0.4, -0.2) is 23.2 Å². The van der Waals surface area contributed by atoms with E-state index in [0.29, 0.717) is 17.1 Å². The highest BCUT2D eigenvalue weighted by Gasteiger charge is 2.28. The van der Waals surface area contributed by atoms with Crippen LogP contribution in [0.5, 0.6) is 5.75 Å². The number of carbonyl (C=O) groups excluding carboxylic acids is 1.